The summed E-state index contributed by atoms with van der Waals surface area (Å²) in [4.78, 5) is 38.1. The summed E-state index contributed by atoms with van der Waals surface area (Å²) in [6, 6.07) is 0. The molecule has 388 valence electrons. The number of rotatable bonds is 48. The summed E-state index contributed by atoms with van der Waals surface area (Å²) in [6.07, 6.45) is 78.8. The Hall–Kier alpha value is -4.45. The summed E-state index contributed by atoms with van der Waals surface area (Å²) in [5.74, 6) is -1.05. The number of hydrogen-bond donors (Lipinski definition) is 0. The summed E-state index contributed by atoms with van der Waals surface area (Å²) >= 11 is 0. The summed E-state index contributed by atoms with van der Waals surface area (Å²) in [5.41, 5.74) is 0. The maximum atomic E-state index is 12.8. The summed E-state index contributed by atoms with van der Waals surface area (Å²) in [5, 5.41) is 0. The molecule has 0 aliphatic heterocycles. The maximum Gasteiger partial charge on any atom is 0.306 e. The molecule has 0 bridgehead atoms. The molecule has 0 amide bonds. The Kier molecular flexibility index (Phi) is 52.5. The molecule has 0 radical (unpaired) electrons. The van der Waals surface area contributed by atoms with Gasteiger partial charge in [0.2, 0.25) is 0 Å². The minimum Gasteiger partial charge on any atom is -0.462 e. The van der Waals surface area contributed by atoms with Crippen molar-refractivity contribution in [1.29, 1.82) is 0 Å². The van der Waals surface area contributed by atoms with Crippen molar-refractivity contribution < 1.29 is 28.6 Å². The van der Waals surface area contributed by atoms with Crippen molar-refractivity contribution in [2.75, 3.05) is 13.2 Å². The van der Waals surface area contributed by atoms with E-state index in [1.165, 1.54) is 77.0 Å². The van der Waals surface area contributed by atoms with Crippen LogP contribution < -0.4 is 0 Å². The molecule has 0 fully saturated rings. The van der Waals surface area contributed by atoms with Gasteiger partial charge in [-0.1, -0.05) is 219 Å². The van der Waals surface area contributed by atoms with Crippen molar-refractivity contribution >= 4 is 17.9 Å². The zero-order valence-electron chi connectivity index (χ0n) is 44.3. The highest BCUT2D eigenvalue weighted by Gasteiger charge is 2.19. The third-order valence-electron chi connectivity index (χ3n) is 11.1. The predicted octanol–water partition coefficient (Wildman–Crippen LogP) is 18.6. The predicted molar refractivity (Wildman–Crippen MR) is 297 cm³/mol. The summed E-state index contributed by atoms with van der Waals surface area (Å²) in [7, 11) is 0. The highest BCUT2D eigenvalue weighted by Crippen LogP contribution is 2.13. The van der Waals surface area contributed by atoms with Crippen LogP contribution in [0.25, 0.3) is 0 Å². The minimum atomic E-state index is -0.838. The van der Waals surface area contributed by atoms with E-state index < -0.39 is 6.10 Å². The van der Waals surface area contributed by atoms with Crippen LogP contribution in [-0.4, -0.2) is 37.2 Å². The van der Waals surface area contributed by atoms with Gasteiger partial charge in [0, 0.05) is 19.3 Å². The third-order valence-corrected chi connectivity index (χ3v) is 11.1. The first-order chi connectivity index (χ1) is 34.0. The summed E-state index contributed by atoms with van der Waals surface area (Å²) < 4.78 is 16.7. The Morgan fingerprint density at radius 1 is 0.304 bits per heavy atom. The fourth-order valence-electron chi connectivity index (χ4n) is 7.04. The fourth-order valence-corrected chi connectivity index (χ4v) is 7.04. The van der Waals surface area contributed by atoms with Gasteiger partial charge in [-0.05, 0) is 122 Å². The van der Waals surface area contributed by atoms with Gasteiger partial charge in [0.1, 0.15) is 13.2 Å². The molecule has 0 saturated carbocycles. The summed E-state index contributed by atoms with van der Waals surface area (Å²) in [6.45, 7) is 6.30. The lowest BCUT2D eigenvalue weighted by Gasteiger charge is -2.18. The van der Waals surface area contributed by atoms with Gasteiger partial charge < -0.3 is 14.2 Å². The van der Waals surface area contributed by atoms with Gasteiger partial charge in [-0.15, -0.1) is 0 Å². The largest absolute Gasteiger partial charge is 0.462 e. The van der Waals surface area contributed by atoms with Crippen molar-refractivity contribution in [1.82, 2.24) is 0 Å². The standard InChI is InChI=1S/C63H100O6/c1-4-7-10-13-16-19-22-25-28-31-34-37-40-43-46-49-52-55-61(64)67-58-60(69-63(66)57-54-51-48-45-42-39-36-33-30-27-24-21-18-15-12-9-6-3)59-68-62(65)56-53-50-47-44-41-38-35-32-29-26-23-20-17-14-11-8-5-2/h7,9-10,12,16,18-19,21,25-30,34,36-37,39,43,45-46,48,60H,4-6,8,11,13-15,17,20,22-24,31-33,35,38,40-42,44,47,49-59H2,1-3H3/b10-7-,12-9-,19-16-,21-18-,28-25-,29-26-,30-27-,37-34-,39-36-,46-43-,48-45-/t60-/m1/s1. The van der Waals surface area contributed by atoms with Crippen molar-refractivity contribution in [3.05, 3.63) is 134 Å². The van der Waals surface area contributed by atoms with Crippen molar-refractivity contribution in [3.63, 3.8) is 0 Å². The van der Waals surface area contributed by atoms with Crippen LogP contribution in [0.5, 0.6) is 0 Å². The topological polar surface area (TPSA) is 78.9 Å². The number of esters is 3. The van der Waals surface area contributed by atoms with E-state index in [2.05, 4.69) is 154 Å². The van der Waals surface area contributed by atoms with Crippen LogP contribution in [0.4, 0.5) is 0 Å². The van der Waals surface area contributed by atoms with Gasteiger partial charge in [0.25, 0.3) is 0 Å². The van der Waals surface area contributed by atoms with Gasteiger partial charge in [-0.3, -0.25) is 14.4 Å². The zero-order valence-corrected chi connectivity index (χ0v) is 44.3. The molecule has 0 aromatic carbocycles. The first kappa shape index (κ1) is 64.5. The average molecular weight is 953 g/mol. The van der Waals surface area contributed by atoms with Crippen LogP contribution in [0.1, 0.15) is 226 Å². The van der Waals surface area contributed by atoms with Gasteiger partial charge in [0.05, 0.1) is 0 Å². The van der Waals surface area contributed by atoms with Gasteiger partial charge in [-0.2, -0.15) is 0 Å². The van der Waals surface area contributed by atoms with Gasteiger partial charge in [0.15, 0.2) is 6.10 Å². The van der Waals surface area contributed by atoms with Crippen LogP contribution in [-0.2, 0) is 28.6 Å². The molecule has 0 aliphatic carbocycles. The molecular weight excluding hydrogens is 853 g/mol. The number of hydrogen-bond acceptors (Lipinski definition) is 6. The quantitative estimate of drug-likeness (QED) is 0.0262. The van der Waals surface area contributed by atoms with E-state index in [-0.39, 0.29) is 44.0 Å². The Morgan fingerprint density at radius 2 is 0.580 bits per heavy atom. The smallest absolute Gasteiger partial charge is 0.306 e. The Morgan fingerprint density at radius 3 is 0.957 bits per heavy atom. The van der Waals surface area contributed by atoms with Crippen LogP contribution in [0.2, 0.25) is 0 Å². The van der Waals surface area contributed by atoms with E-state index in [0.717, 1.165) is 96.3 Å². The molecule has 0 spiro atoms. The Balaban J connectivity index is 4.59. The van der Waals surface area contributed by atoms with Crippen LogP contribution >= 0.6 is 0 Å². The van der Waals surface area contributed by atoms with Crippen molar-refractivity contribution in [3.8, 4) is 0 Å². The van der Waals surface area contributed by atoms with Crippen LogP contribution in [0.15, 0.2) is 134 Å². The molecule has 0 aromatic heterocycles. The molecule has 0 unspecified atom stereocenters. The van der Waals surface area contributed by atoms with E-state index in [0.29, 0.717) is 19.3 Å². The normalized spacial score (nSPS) is 13.1. The molecule has 0 N–H and O–H groups in total. The Bertz CT molecular complexity index is 1510. The lowest BCUT2D eigenvalue weighted by atomic mass is 10.1. The number of unbranched alkanes of at least 4 members (excludes halogenated alkanes) is 15. The van der Waals surface area contributed by atoms with Crippen molar-refractivity contribution in [2.45, 2.75) is 232 Å². The van der Waals surface area contributed by atoms with Gasteiger partial charge >= 0.3 is 17.9 Å². The van der Waals surface area contributed by atoms with E-state index in [1.807, 2.05) is 0 Å². The highest BCUT2D eigenvalue weighted by atomic mass is 16.6. The maximum absolute atomic E-state index is 12.8. The van der Waals surface area contributed by atoms with E-state index in [1.54, 1.807) is 0 Å². The monoisotopic (exact) mass is 953 g/mol. The highest BCUT2D eigenvalue weighted by molar-refractivity contribution is 5.71. The van der Waals surface area contributed by atoms with Crippen molar-refractivity contribution in [2.24, 2.45) is 0 Å². The fraction of sp³-hybridized carbons (Fsp3) is 0.603. The molecule has 69 heavy (non-hydrogen) atoms. The second-order valence-electron chi connectivity index (χ2n) is 17.7. The second kappa shape index (κ2) is 56.1. The third kappa shape index (κ3) is 54.4. The first-order valence-corrected chi connectivity index (χ1v) is 27.7. The molecule has 6 heteroatoms. The zero-order chi connectivity index (χ0) is 50.0. The lowest BCUT2D eigenvalue weighted by Crippen LogP contribution is -2.30. The number of carbonyl (C=O) groups is 3. The van der Waals surface area contributed by atoms with E-state index >= 15 is 0 Å². The minimum absolute atomic E-state index is 0.125. The first-order valence-electron chi connectivity index (χ1n) is 27.7. The van der Waals surface area contributed by atoms with E-state index in [9.17, 15) is 14.4 Å². The molecule has 0 saturated heterocycles. The van der Waals surface area contributed by atoms with Gasteiger partial charge in [-0.25, -0.2) is 0 Å². The average Bonchev–Trinajstić information content (AvgIpc) is 3.35. The molecule has 0 rings (SSSR count). The SMILES string of the molecule is CC/C=C\C/C=C\C/C=C\C/C=C\C/C=C\CCCC(=O)OC[C@H](COC(=O)CCCCCCCCC/C=C\CCCCCCCC)OC(=O)CCC/C=C\C/C=C\C/C=C\C/C=C\C/C=C\CC. The van der Waals surface area contributed by atoms with Crippen LogP contribution in [0.3, 0.4) is 0 Å². The van der Waals surface area contributed by atoms with E-state index in [4.69, 9.17) is 14.2 Å². The van der Waals surface area contributed by atoms with Crippen LogP contribution in [0, 0.1) is 0 Å². The molecular formula is C63H100O6. The molecule has 1 atom stereocenters. The molecule has 6 nitrogen and oxygen atoms in total. The number of ether oxygens (including phenoxy) is 3. The lowest BCUT2D eigenvalue weighted by molar-refractivity contribution is -0.167. The molecule has 0 aromatic rings. The Labute approximate surface area is 424 Å². The number of carbonyl (C=O) groups excluding carboxylic acids is 3. The molecule has 0 aliphatic rings. The molecule has 0 heterocycles. The second-order valence-corrected chi connectivity index (χ2v) is 17.7. The number of allylic oxidation sites excluding steroid dienone is 22.